The van der Waals surface area contributed by atoms with Crippen molar-refractivity contribution in [2.24, 2.45) is 0 Å². The fraction of sp³-hybridized carbons (Fsp3) is 0.750. The standard InChI is InChI=1S/C8H13ClO2/c1-4-8(2,3)11-6-7(10)5-9/h1,7,10H,5-6H2,2-3H3/t7-/m1/s1. The molecular formula is C8H13ClO2. The Morgan fingerprint density at radius 1 is 1.73 bits per heavy atom. The first-order valence-corrected chi connectivity index (χ1v) is 3.91. The highest BCUT2D eigenvalue weighted by Gasteiger charge is 2.15. The first kappa shape index (κ1) is 10.8. The molecule has 0 saturated heterocycles. The van der Waals surface area contributed by atoms with Gasteiger partial charge in [0.1, 0.15) is 5.60 Å². The Labute approximate surface area is 72.5 Å². The fourth-order valence-electron chi connectivity index (χ4n) is 0.391. The normalized spacial score (nSPS) is 14.1. The van der Waals surface area contributed by atoms with E-state index in [0.717, 1.165) is 0 Å². The highest BCUT2D eigenvalue weighted by molar-refractivity contribution is 6.18. The Morgan fingerprint density at radius 3 is 2.64 bits per heavy atom. The molecule has 64 valence electrons. The lowest BCUT2D eigenvalue weighted by atomic mass is 10.1. The van der Waals surface area contributed by atoms with Gasteiger partial charge in [0, 0.05) is 0 Å². The van der Waals surface area contributed by atoms with E-state index in [9.17, 15) is 0 Å². The van der Waals surface area contributed by atoms with Crippen LogP contribution in [0.1, 0.15) is 13.8 Å². The molecular weight excluding hydrogens is 164 g/mol. The van der Waals surface area contributed by atoms with Gasteiger partial charge in [-0.1, -0.05) is 5.92 Å². The number of aliphatic hydroxyl groups excluding tert-OH is 1. The summed E-state index contributed by atoms with van der Waals surface area (Å²) in [6.07, 6.45) is 4.51. The lowest BCUT2D eigenvalue weighted by Crippen LogP contribution is -2.28. The van der Waals surface area contributed by atoms with Gasteiger partial charge in [0.15, 0.2) is 0 Å². The molecule has 0 aromatic rings. The lowest BCUT2D eigenvalue weighted by Gasteiger charge is -2.19. The van der Waals surface area contributed by atoms with Crippen LogP contribution in [0, 0.1) is 12.3 Å². The van der Waals surface area contributed by atoms with Gasteiger partial charge in [-0.15, -0.1) is 18.0 Å². The molecule has 0 heterocycles. The topological polar surface area (TPSA) is 29.5 Å². The minimum atomic E-state index is -0.635. The van der Waals surface area contributed by atoms with Crippen molar-refractivity contribution in [1.82, 2.24) is 0 Å². The maximum atomic E-state index is 8.99. The predicted molar refractivity (Wildman–Crippen MR) is 45.6 cm³/mol. The average molecular weight is 177 g/mol. The third kappa shape index (κ3) is 5.09. The Balaban J connectivity index is 3.63. The molecule has 0 aromatic heterocycles. The van der Waals surface area contributed by atoms with E-state index in [1.54, 1.807) is 13.8 Å². The molecule has 0 fully saturated rings. The van der Waals surface area contributed by atoms with E-state index in [-0.39, 0.29) is 12.5 Å². The molecule has 1 atom stereocenters. The molecule has 0 aliphatic rings. The molecule has 0 amide bonds. The molecule has 2 nitrogen and oxygen atoms in total. The van der Waals surface area contributed by atoms with E-state index in [1.807, 2.05) is 0 Å². The van der Waals surface area contributed by atoms with Gasteiger partial charge in [0.25, 0.3) is 0 Å². The van der Waals surface area contributed by atoms with Crippen LogP contribution in [0.2, 0.25) is 0 Å². The van der Waals surface area contributed by atoms with Crippen molar-refractivity contribution in [3.63, 3.8) is 0 Å². The number of terminal acetylenes is 1. The van der Waals surface area contributed by atoms with Crippen molar-refractivity contribution < 1.29 is 9.84 Å². The molecule has 0 unspecified atom stereocenters. The SMILES string of the molecule is C#CC(C)(C)OC[C@H](O)CCl. The summed E-state index contributed by atoms with van der Waals surface area (Å²) in [6, 6.07) is 0. The fourth-order valence-corrected chi connectivity index (χ4v) is 0.480. The van der Waals surface area contributed by atoms with E-state index in [1.165, 1.54) is 0 Å². The average Bonchev–Trinajstić information content (AvgIpc) is 2.00. The van der Waals surface area contributed by atoms with Crippen LogP contribution in [-0.4, -0.2) is 29.3 Å². The number of alkyl halides is 1. The molecule has 11 heavy (non-hydrogen) atoms. The zero-order chi connectivity index (χ0) is 8.91. The maximum absolute atomic E-state index is 8.99. The second-order valence-corrected chi connectivity index (χ2v) is 3.08. The number of halogens is 1. The monoisotopic (exact) mass is 176 g/mol. The smallest absolute Gasteiger partial charge is 0.122 e. The molecule has 0 rings (SSSR count). The summed E-state index contributed by atoms with van der Waals surface area (Å²) in [5.74, 6) is 2.61. The molecule has 0 spiro atoms. The van der Waals surface area contributed by atoms with Crippen LogP contribution in [0.3, 0.4) is 0 Å². The van der Waals surface area contributed by atoms with Crippen LogP contribution in [0.5, 0.6) is 0 Å². The van der Waals surface area contributed by atoms with Gasteiger partial charge in [-0.3, -0.25) is 0 Å². The van der Waals surface area contributed by atoms with Crippen molar-refractivity contribution >= 4 is 11.6 Å². The number of rotatable bonds is 4. The Hall–Kier alpha value is -0.230. The lowest BCUT2D eigenvalue weighted by molar-refractivity contribution is -0.0207. The quantitative estimate of drug-likeness (QED) is 0.512. The summed E-state index contributed by atoms with van der Waals surface area (Å²) < 4.78 is 5.16. The summed E-state index contributed by atoms with van der Waals surface area (Å²) in [5, 5.41) is 8.99. The highest BCUT2D eigenvalue weighted by atomic mass is 35.5. The van der Waals surface area contributed by atoms with Crippen molar-refractivity contribution in [2.75, 3.05) is 12.5 Å². The summed E-state index contributed by atoms with van der Waals surface area (Å²) in [5.41, 5.74) is -0.618. The van der Waals surface area contributed by atoms with Crippen LogP contribution in [-0.2, 0) is 4.74 Å². The maximum Gasteiger partial charge on any atom is 0.122 e. The van der Waals surface area contributed by atoms with Gasteiger partial charge in [0.2, 0.25) is 0 Å². The summed E-state index contributed by atoms with van der Waals surface area (Å²) >= 11 is 5.34. The first-order chi connectivity index (χ1) is 5.02. The summed E-state index contributed by atoms with van der Waals surface area (Å²) in [4.78, 5) is 0. The number of hydrogen-bond donors (Lipinski definition) is 1. The van der Waals surface area contributed by atoms with Crippen molar-refractivity contribution in [2.45, 2.75) is 25.6 Å². The van der Waals surface area contributed by atoms with E-state index in [0.29, 0.717) is 0 Å². The number of aliphatic hydroxyl groups is 1. The van der Waals surface area contributed by atoms with Gasteiger partial charge in [0.05, 0.1) is 18.6 Å². The van der Waals surface area contributed by atoms with Crippen molar-refractivity contribution in [3.05, 3.63) is 0 Å². The zero-order valence-corrected chi connectivity index (χ0v) is 7.56. The molecule has 0 aliphatic heterocycles. The molecule has 0 aromatic carbocycles. The Morgan fingerprint density at radius 2 is 2.27 bits per heavy atom. The molecule has 0 radical (unpaired) electrons. The number of ether oxygens (including phenoxy) is 1. The Kier molecular flexibility index (Phi) is 4.51. The van der Waals surface area contributed by atoms with Crippen LogP contribution in [0.4, 0.5) is 0 Å². The second kappa shape index (κ2) is 4.61. The molecule has 0 bridgehead atoms. The molecule has 0 saturated carbocycles. The largest absolute Gasteiger partial charge is 0.389 e. The second-order valence-electron chi connectivity index (χ2n) is 2.77. The highest BCUT2D eigenvalue weighted by Crippen LogP contribution is 2.07. The Bertz CT molecular complexity index is 149. The van der Waals surface area contributed by atoms with E-state index >= 15 is 0 Å². The van der Waals surface area contributed by atoms with Crippen molar-refractivity contribution in [1.29, 1.82) is 0 Å². The van der Waals surface area contributed by atoms with Crippen LogP contribution >= 0.6 is 11.6 Å². The van der Waals surface area contributed by atoms with Gasteiger partial charge >= 0.3 is 0 Å². The minimum Gasteiger partial charge on any atom is -0.389 e. The van der Waals surface area contributed by atoms with Crippen LogP contribution < -0.4 is 0 Å². The molecule has 1 N–H and O–H groups in total. The number of hydrogen-bond acceptors (Lipinski definition) is 2. The zero-order valence-electron chi connectivity index (χ0n) is 6.80. The summed E-state index contributed by atoms with van der Waals surface area (Å²) in [6.45, 7) is 3.70. The van der Waals surface area contributed by atoms with Gasteiger partial charge in [-0.25, -0.2) is 0 Å². The van der Waals surface area contributed by atoms with E-state index in [4.69, 9.17) is 27.9 Å². The third-order valence-corrected chi connectivity index (χ3v) is 1.52. The molecule has 0 aliphatic carbocycles. The third-order valence-electron chi connectivity index (χ3n) is 1.16. The summed E-state index contributed by atoms with van der Waals surface area (Å²) in [7, 11) is 0. The van der Waals surface area contributed by atoms with Gasteiger partial charge < -0.3 is 9.84 Å². The van der Waals surface area contributed by atoms with Gasteiger partial charge in [-0.2, -0.15) is 0 Å². The predicted octanol–water partition coefficient (Wildman–Crippen LogP) is 1.01. The first-order valence-electron chi connectivity index (χ1n) is 3.37. The van der Waals surface area contributed by atoms with Crippen molar-refractivity contribution in [3.8, 4) is 12.3 Å². The molecule has 3 heteroatoms. The van der Waals surface area contributed by atoms with Crippen LogP contribution in [0.25, 0.3) is 0 Å². The van der Waals surface area contributed by atoms with E-state index < -0.39 is 11.7 Å². The van der Waals surface area contributed by atoms with Gasteiger partial charge in [-0.05, 0) is 13.8 Å². The minimum absolute atomic E-state index is 0.167. The van der Waals surface area contributed by atoms with Crippen LogP contribution in [0.15, 0.2) is 0 Å². The van der Waals surface area contributed by atoms with E-state index in [2.05, 4.69) is 5.92 Å².